The van der Waals surface area contributed by atoms with Crippen LogP contribution in [-0.4, -0.2) is 40.1 Å². The van der Waals surface area contributed by atoms with Crippen molar-refractivity contribution >= 4 is 11.6 Å². The van der Waals surface area contributed by atoms with Gasteiger partial charge < -0.3 is 24.1 Å². The summed E-state index contributed by atoms with van der Waals surface area (Å²) in [5, 5.41) is 3.48. The van der Waals surface area contributed by atoms with Crippen LogP contribution in [0.5, 0.6) is 11.5 Å². The Labute approximate surface area is 182 Å². The molecule has 1 amide bonds. The number of hydrogen-bond donors (Lipinski definition) is 1. The second-order valence-electron chi connectivity index (χ2n) is 8.34. The van der Waals surface area contributed by atoms with Crippen LogP contribution in [0.4, 0.5) is 0 Å². The molecule has 1 fully saturated rings. The van der Waals surface area contributed by atoms with Crippen molar-refractivity contribution in [1.29, 1.82) is 0 Å². The van der Waals surface area contributed by atoms with Crippen LogP contribution in [0.1, 0.15) is 53.0 Å². The van der Waals surface area contributed by atoms with E-state index >= 15 is 0 Å². The summed E-state index contributed by atoms with van der Waals surface area (Å²) in [5.41, 5.74) is 4.52. The molecule has 1 aromatic carbocycles. The lowest BCUT2D eigenvalue weighted by molar-refractivity contribution is 0.0755. The Hall–Kier alpha value is -3.06. The highest BCUT2D eigenvalue weighted by Gasteiger charge is 2.24. The molecule has 0 saturated carbocycles. The molecule has 2 aromatic heterocycles. The van der Waals surface area contributed by atoms with Crippen LogP contribution < -0.4 is 14.8 Å². The third-order valence-electron chi connectivity index (χ3n) is 6.03. The number of fused-ring (bicyclic) bond motifs is 2. The van der Waals surface area contributed by atoms with Gasteiger partial charge in [0.15, 0.2) is 17.2 Å². The van der Waals surface area contributed by atoms with Crippen molar-refractivity contribution < 1.29 is 14.3 Å². The van der Waals surface area contributed by atoms with Crippen molar-refractivity contribution in [2.75, 3.05) is 19.9 Å². The first-order chi connectivity index (χ1) is 15.2. The van der Waals surface area contributed by atoms with Gasteiger partial charge in [0.1, 0.15) is 5.65 Å². The molecule has 7 heteroatoms. The van der Waals surface area contributed by atoms with Gasteiger partial charge in [0.2, 0.25) is 6.79 Å². The summed E-state index contributed by atoms with van der Waals surface area (Å²) >= 11 is 0. The topological polar surface area (TPSA) is 68.1 Å². The lowest BCUT2D eigenvalue weighted by atomic mass is 10.2. The highest BCUT2D eigenvalue weighted by atomic mass is 16.7. The Balaban J connectivity index is 1.38. The van der Waals surface area contributed by atoms with Crippen LogP contribution >= 0.6 is 0 Å². The molecule has 0 aliphatic carbocycles. The van der Waals surface area contributed by atoms with Crippen molar-refractivity contribution in [3.05, 3.63) is 59.0 Å². The Kier molecular flexibility index (Phi) is 5.51. The number of imidazole rings is 1. The van der Waals surface area contributed by atoms with Gasteiger partial charge in [-0.15, -0.1) is 0 Å². The lowest BCUT2D eigenvalue weighted by Gasteiger charge is -2.20. The lowest BCUT2D eigenvalue weighted by Crippen LogP contribution is -2.33. The van der Waals surface area contributed by atoms with E-state index in [2.05, 4.69) is 11.4 Å². The Bertz CT molecular complexity index is 1100. The molecule has 2 aliphatic rings. The first-order valence-corrected chi connectivity index (χ1v) is 11.1. The van der Waals surface area contributed by atoms with E-state index in [1.54, 1.807) is 0 Å². The number of aryl methyl sites for hydroxylation is 1. The van der Waals surface area contributed by atoms with Gasteiger partial charge in [-0.1, -0.05) is 18.9 Å². The monoisotopic (exact) mass is 420 g/mol. The fourth-order valence-corrected chi connectivity index (χ4v) is 4.34. The van der Waals surface area contributed by atoms with E-state index in [-0.39, 0.29) is 12.7 Å². The molecule has 5 rings (SSSR count). The average molecular weight is 421 g/mol. The molecule has 31 heavy (non-hydrogen) atoms. The minimum absolute atomic E-state index is 0.0446. The van der Waals surface area contributed by atoms with E-state index in [4.69, 9.17) is 14.5 Å². The number of rotatable bonds is 5. The number of likely N-dealkylation sites (tertiary alicyclic amines) is 1. The number of benzene rings is 1. The predicted molar refractivity (Wildman–Crippen MR) is 117 cm³/mol. The first-order valence-electron chi connectivity index (χ1n) is 11.1. The summed E-state index contributed by atoms with van der Waals surface area (Å²) in [7, 11) is 0. The molecular weight excluding hydrogens is 392 g/mol. The highest BCUT2D eigenvalue weighted by molar-refractivity contribution is 5.94. The Morgan fingerprint density at radius 2 is 1.84 bits per heavy atom. The van der Waals surface area contributed by atoms with Crippen molar-refractivity contribution in [2.45, 2.75) is 45.7 Å². The molecule has 2 aliphatic heterocycles. The van der Waals surface area contributed by atoms with Crippen molar-refractivity contribution in [1.82, 2.24) is 19.6 Å². The number of carbonyl (C=O) groups is 1. The molecule has 4 heterocycles. The van der Waals surface area contributed by atoms with Crippen LogP contribution in [0.25, 0.3) is 5.65 Å². The summed E-state index contributed by atoms with van der Waals surface area (Å²) in [6.07, 6.45) is 6.52. The van der Waals surface area contributed by atoms with Crippen LogP contribution in [0.15, 0.2) is 36.5 Å². The van der Waals surface area contributed by atoms with E-state index in [0.717, 1.165) is 59.9 Å². The summed E-state index contributed by atoms with van der Waals surface area (Å²) in [4.78, 5) is 20.1. The molecule has 0 unspecified atom stereocenters. The van der Waals surface area contributed by atoms with Crippen LogP contribution in [-0.2, 0) is 13.1 Å². The van der Waals surface area contributed by atoms with Gasteiger partial charge >= 0.3 is 0 Å². The van der Waals surface area contributed by atoms with Gasteiger partial charge in [0.05, 0.1) is 5.69 Å². The van der Waals surface area contributed by atoms with E-state index in [1.165, 1.54) is 12.8 Å². The zero-order chi connectivity index (χ0) is 21.2. The Morgan fingerprint density at radius 3 is 2.68 bits per heavy atom. The standard InChI is InChI=1S/C24H28N4O3/c1-17-8-11-28-19(15-25-14-18-6-7-20-21(13-18)31-16-30-20)23(26-22(28)12-17)24(29)27-9-4-2-3-5-10-27/h6-8,11-13,25H,2-5,9-10,14-16H2,1H3. The number of nitrogens with one attached hydrogen (secondary N) is 1. The maximum absolute atomic E-state index is 13.4. The number of ether oxygens (including phenoxy) is 2. The van der Waals surface area contributed by atoms with Gasteiger partial charge in [-0.05, 0) is 55.2 Å². The summed E-state index contributed by atoms with van der Waals surface area (Å²) in [6.45, 7) is 5.16. The van der Waals surface area contributed by atoms with Gasteiger partial charge in [-0.2, -0.15) is 0 Å². The molecule has 1 N–H and O–H groups in total. The molecule has 0 spiro atoms. The average Bonchev–Trinajstić information content (AvgIpc) is 3.27. The molecule has 0 atom stereocenters. The maximum Gasteiger partial charge on any atom is 0.274 e. The van der Waals surface area contributed by atoms with E-state index in [0.29, 0.717) is 18.8 Å². The first kappa shape index (κ1) is 19.9. The highest BCUT2D eigenvalue weighted by Crippen LogP contribution is 2.32. The maximum atomic E-state index is 13.4. The summed E-state index contributed by atoms with van der Waals surface area (Å²) < 4.78 is 12.9. The summed E-state index contributed by atoms with van der Waals surface area (Å²) in [6, 6.07) is 10.0. The second-order valence-corrected chi connectivity index (χ2v) is 8.34. The number of aromatic nitrogens is 2. The van der Waals surface area contributed by atoms with Crippen molar-refractivity contribution in [2.24, 2.45) is 0 Å². The summed E-state index contributed by atoms with van der Waals surface area (Å²) in [5.74, 6) is 1.61. The van der Waals surface area contributed by atoms with Gasteiger partial charge in [-0.25, -0.2) is 4.98 Å². The van der Waals surface area contributed by atoms with Crippen LogP contribution in [0.2, 0.25) is 0 Å². The van der Waals surface area contributed by atoms with E-state index in [1.807, 2.05) is 46.7 Å². The third-order valence-corrected chi connectivity index (χ3v) is 6.03. The number of hydrogen-bond acceptors (Lipinski definition) is 5. The third kappa shape index (κ3) is 4.10. The predicted octanol–water partition coefficient (Wildman–Crippen LogP) is 3.68. The Morgan fingerprint density at radius 1 is 1.03 bits per heavy atom. The zero-order valence-electron chi connectivity index (χ0n) is 17.9. The second kappa shape index (κ2) is 8.59. The van der Waals surface area contributed by atoms with Crippen LogP contribution in [0, 0.1) is 6.92 Å². The van der Waals surface area contributed by atoms with Gasteiger partial charge in [0.25, 0.3) is 5.91 Å². The van der Waals surface area contributed by atoms with E-state index in [9.17, 15) is 4.79 Å². The molecule has 0 radical (unpaired) electrons. The fraction of sp³-hybridized carbons (Fsp3) is 0.417. The number of pyridine rings is 1. The number of amides is 1. The molecular formula is C24H28N4O3. The smallest absolute Gasteiger partial charge is 0.274 e. The van der Waals surface area contributed by atoms with Gasteiger partial charge in [-0.3, -0.25) is 4.79 Å². The van der Waals surface area contributed by atoms with E-state index < -0.39 is 0 Å². The fourth-order valence-electron chi connectivity index (χ4n) is 4.34. The molecule has 162 valence electrons. The SMILES string of the molecule is Cc1ccn2c(CNCc3ccc4c(c3)OCO4)c(C(=O)N3CCCCCC3)nc2c1. The molecule has 3 aromatic rings. The van der Waals surface area contributed by atoms with Gasteiger partial charge in [0, 0.05) is 32.4 Å². The largest absolute Gasteiger partial charge is 0.454 e. The molecule has 0 bridgehead atoms. The molecule has 1 saturated heterocycles. The minimum atomic E-state index is 0.0446. The molecule has 7 nitrogen and oxygen atoms in total. The quantitative estimate of drug-likeness (QED) is 0.682. The normalized spacial score (nSPS) is 16.0. The van der Waals surface area contributed by atoms with Crippen LogP contribution in [0.3, 0.4) is 0 Å². The minimum Gasteiger partial charge on any atom is -0.454 e. The number of carbonyl (C=O) groups excluding carboxylic acids is 1. The van der Waals surface area contributed by atoms with Crippen molar-refractivity contribution in [3.63, 3.8) is 0 Å². The number of nitrogens with zero attached hydrogens (tertiary/aromatic N) is 3. The zero-order valence-corrected chi connectivity index (χ0v) is 17.9. The van der Waals surface area contributed by atoms with Crippen molar-refractivity contribution in [3.8, 4) is 11.5 Å².